The number of nitrogens with one attached hydrogen (secondary N) is 1. The van der Waals surface area contributed by atoms with Gasteiger partial charge in [0.2, 0.25) is 21.7 Å². The van der Waals surface area contributed by atoms with Crippen molar-refractivity contribution in [3.63, 3.8) is 0 Å². The molecule has 2 aromatic carbocycles. The topological polar surface area (TPSA) is 139 Å². The first-order chi connectivity index (χ1) is 15.8. The fraction of sp³-hybridized carbons (Fsp3) is 0.286. The van der Waals surface area contributed by atoms with Gasteiger partial charge in [0.25, 0.3) is 5.89 Å². The lowest BCUT2D eigenvalue weighted by molar-refractivity contribution is -0.147. The van der Waals surface area contributed by atoms with Gasteiger partial charge in [0.1, 0.15) is 6.04 Å². The second-order valence-corrected chi connectivity index (χ2v) is 8.39. The molecule has 0 amide bonds. The van der Waals surface area contributed by atoms with Gasteiger partial charge >= 0.3 is 5.97 Å². The lowest BCUT2D eigenvalue weighted by atomic mass is 10.2. The third kappa shape index (κ3) is 5.59. The number of sulfonamides is 1. The highest BCUT2D eigenvalue weighted by Gasteiger charge is 2.24. The van der Waals surface area contributed by atoms with Crippen LogP contribution in [0.2, 0.25) is 0 Å². The van der Waals surface area contributed by atoms with Crippen LogP contribution in [0.5, 0.6) is 17.2 Å². The van der Waals surface area contributed by atoms with Gasteiger partial charge in [0.05, 0.1) is 26.2 Å². The van der Waals surface area contributed by atoms with Crippen molar-refractivity contribution in [2.45, 2.75) is 24.5 Å². The van der Waals surface area contributed by atoms with E-state index in [1.807, 2.05) is 0 Å². The second-order valence-electron chi connectivity index (χ2n) is 6.68. The average molecular weight is 477 g/mol. The Kier molecular flexibility index (Phi) is 7.51. The monoisotopic (exact) mass is 477 g/mol. The minimum absolute atomic E-state index is 0.0187. The summed E-state index contributed by atoms with van der Waals surface area (Å²) >= 11 is 0. The number of nitrogens with zero attached hydrogens (tertiary/aromatic N) is 2. The number of rotatable bonds is 10. The normalized spacial score (nSPS) is 12.1. The van der Waals surface area contributed by atoms with Crippen LogP contribution in [-0.4, -0.2) is 52.0 Å². The molecule has 11 nitrogen and oxygen atoms in total. The molecule has 1 atom stereocenters. The maximum atomic E-state index is 12.3. The zero-order valence-electron chi connectivity index (χ0n) is 18.4. The molecule has 0 saturated carbocycles. The van der Waals surface area contributed by atoms with Crippen molar-refractivity contribution < 1.29 is 36.6 Å². The first-order valence-electron chi connectivity index (χ1n) is 9.65. The van der Waals surface area contributed by atoms with E-state index in [1.54, 1.807) is 30.3 Å². The zero-order chi connectivity index (χ0) is 24.0. The van der Waals surface area contributed by atoms with Crippen LogP contribution in [0.4, 0.5) is 0 Å². The molecule has 0 spiro atoms. The lowest BCUT2D eigenvalue weighted by Gasteiger charge is -2.13. The van der Waals surface area contributed by atoms with Crippen molar-refractivity contribution in [1.82, 2.24) is 14.9 Å². The molecule has 0 fully saturated rings. The molecule has 12 heteroatoms. The summed E-state index contributed by atoms with van der Waals surface area (Å²) in [7, 11) is 0.570. The van der Waals surface area contributed by atoms with Gasteiger partial charge in [-0.15, -0.1) is 10.2 Å². The number of aromatic nitrogens is 2. The molecule has 1 aromatic heterocycles. The van der Waals surface area contributed by atoms with Gasteiger partial charge in [-0.1, -0.05) is 18.2 Å². The third-order valence-corrected chi connectivity index (χ3v) is 6.01. The van der Waals surface area contributed by atoms with Crippen LogP contribution in [0, 0.1) is 0 Å². The number of ether oxygens (including phenoxy) is 4. The molecule has 33 heavy (non-hydrogen) atoms. The van der Waals surface area contributed by atoms with Crippen LogP contribution in [0.3, 0.4) is 0 Å². The van der Waals surface area contributed by atoms with Crippen molar-refractivity contribution in [3.05, 3.63) is 48.4 Å². The largest absolute Gasteiger partial charge is 0.493 e. The van der Waals surface area contributed by atoms with Gasteiger partial charge in [-0.2, -0.15) is 4.72 Å². The number of methoxy groups -OCH3 is 3. The molecule has 176 valence electrons. The van der Waals surface area contributed by atoms with Crippen molar-refractivity contribution >= 4 is 16.0 Å². The van der Waals surface area contributed by atoms with Gasteiger partial charge in [-0.25, -0.2) is 8.42 Å². The molecule has 3 aromatic rings. The van der Waals surface area contributed by atoms with Crippen LogP contribution in [-0.2, 0) is 26.2 Å². The van der Waals surface area contributed by atoms with Crippen molar-refractivity contribution in [2.75, 3.05) is 21.3 Å². The Balaban J connectivity index is 1.66. The minimum Gasteiger partial charge on any atom is -0.493 e. The van der Waals surface area contributed by atoms with Gasteiger partial charge < -0.3 is 23.4 Å². The van der Waals surface area contributed by atoms with Crippen molar-refractivity contribution in [1.29, 1.82) is 0 Å². The van der Waals surface area contributed by atoms with E-state index < -0.39 is 22.0 Å². The number of benzene rings is 2. The number of esters is 1. The number of hydrogen-bond acceptors (Lipinski definition) is 10. The smallest absolute Gasteiger partial charge is 0.324 e. The van der Waals surface area contributed by atoms with E-state index in [4.69, 9.17) is 23.4 Å². The van der Waals surface area contributed by atoms with Gasteiger partial charge in [-0.3, -0.25) is 4.79 Å². The number of carbonyl (C=O) groups is 1. The molecule has 1 N–H and O–H groups in total. The maximum Gasteiger partial charge on any atom is 0.324 e. The van der Waals surface area contributed by atoms with Crippen LogP contribution < -0.4 is 18.9 Å². The quantitative estimate of drug-likeness (QED) is 0.432. The average Bonchev–Trinajstić information content (AvgIpc) is 3.30. The second kappa shape index (κ2) is 10.3. The summed E-state index contributed by atoms with van der Waals surface area (Å²) in [5, 5.41) is 7.80. The van der Waals surface area contributed by atoms with Gasteiger partial charge in [-0.05, 0) is 31.2 Å². The van der Waals surface area contributed by atoms with E-state index in [1.165, 1.54) is 40.4 Å². The molecule has 3 rings (SSSR count). The summed E-state index contributed by atoms with van der Waals surface area (Å²) in [5.41, 5.74) is 0.499. The standard InChI is InChI=1S/C21H23N3O8S/c1-13(24-33(26,27)15-8-6-5-7-9-15)21(25)31-12-18-22-23-20(32-18)14-10-16(28-2)19(30-4)17(11-14)29-3/h5-11,13,24H,12H2,1-4H3/t13-/m0/s1. The van der Waals surface area contributed by atoms with Gasteiger partial charge in [0, 0.05) is 5.56 Å². The summed E-state index contributed by atoms with van der Waals surface area (Å²) in [5.74, 6) is 0.560. The van der Waals surface area contributed by atoms with E-state index in [2.05, 4.69) is 14.9 Å². The Hall–Kier alpha value is -3.64. The maximum absolute atomic E-state index is 12.3. The van der Waals surface area contributed by atoms with E-state index in [-0.39, 0.29) is 23.3 Å². The minimum atomic E-state index is -3.87. The highest BCUT2D eigenvalue weighted by atomic mass is 32.2. The Morgan fingerprint density at radius 1 is 1.03 bits per heavy atom. The third-order valence-electron chi connectivity index (χ3n) is 4.46. The summed E-state index contributed by atoms with van der Waals surface area (Å²) < 4.78 is 53.5. The van der Waals surface area contributed by atoms with Crippen LogP contribution in [0.1, 0.15) is 12.8 Å². The predicted octanol–water partition coefficient (Wildman–Crippen LogP) is 2.17. The molecule has 0 bridgehead atoms. The van der Waals surface area contributed by atoms with Crippen LogP contribution >= 0.6 is 0 Å². The number of carbonyl (C=O) groups excluding carboxylic acids is 1. The Bertz CT molecular complexity index is 1190. The molecule has 0 aliphatic heterocycles. The Morgan fingerprint density at radius 2 is 1.67 bits per heavy atom. The molecular formula is C21H23N3O8S. The van der Waals surface area contributed by atoms with E-state index >= 15 is 0 Å². The van der Waals surface area contributed by atoms with E-state index in [0.717, 1.165) is 0 Å². The fourth-order valence-corrected chi connectivity index (χ4v) is 4.05. The summed E-state index contributed by atoms with van der Waals surface area (Å²) in [6, 6.07) is 9.82. The summed E-state index contributed by atoms with van der Waals surface area (Å²) in [6.07, 6.45) is 0. The summed E-state index contributed by atoms with van der Waals surface area (Å²) in [4.78, 5) is 12.3. The predicted molar refractivity (Wildman–Crippen MR) is 115 cm³/mol. The van der Waals surface area contributed by atoms with Gasteiger partial charge in [0.15, 0.2) is 18.1 Å². The Morgan fingerprint density at radius 3 is 2.24 bits per heavy atom. The first kappa shape index (κ1) is 24.0. The molecule has 0 aliphatic carbocycles. The highest BCUT2D eigenvalue weighted by Crippen LogP contribution is 2.40. The van der Waals surface area contributed by atoms with Crippen LogP contribution in [0.15, 0.2) is 51.8 Å². The highest BCUT2D eigenvalue weighted by molar-refractivity contribution is 7.89. The SMILES string of the molecule is COc1cc(-c2nnc(COC(=O)[C@H](C)NS(=O)(=O)c3ccccc3)o2)cc(OC)c1OC. The zero-order valence-corrected chi connectivity index (χ0v) is 19.2. The first-order valence-corrected chi connectivity index (χ1v) is 11.1. The Labute approximate surface area is 190 Å². The molecule has 0 aliphatic rings. The van der Waals surface area contributed by atoms with Crippen molar-refractivity contribution in [3.8, 4) is 28.7 Å². The molecule has 0 unspecified atom stereocenters. The van der Waals surface area contributed by atoms with Crippen molar-refractivity contribution in [2.24, 2.45) is 0 Å². The molecular weight excluding hydrogens is 454 g/mol. The lowest BCUT2D eigenvalue weighted by Crippen LogP contribution is -2.39. The molecule has 0 saturated heterocycles. The number of hydrogen-bond donors (Lipinski definition) is 1. The van der Waals surface area contributed by atoms with E-state index in [0.29, 0.717) is 22.8 Å². The summed E-state index contributed by atoms with van der Waals surface area (Å²) in [6.45, 7) is 1.03. The molecule has 1 heterocycles. The van der Waals surface area contributed by atoms with E-state index in [9.17, 15) is 13.2 Å². The fourth-order valence-electron chi connectivity index (χ4n) is 2.84. The molecule has 0 radical (unpaired) electrons. The van der Waals surface area contributed by atoms with Crippen LogP contribution in [0.25, 0.3) is 11.5 Å².